The number of amides is 2. The number of aryl methyl sites for hydroxylation is 1. The first-order valence-electron chi connectivity index (χ1n) is 7.77. The summed E-state index contributed by atoms with van der Waals surface area (Å²) >= 11 is 0. The second kappa shape index (κ2) is 8.26. The number of benzene rings is 1. The molecule has 2 N–H and O–H groups in total. The van der Waals surface area contributed by atoms with Crippen LogP contribution in [0.15, 0.2) is 36.5 Å². The Kier molecular flexibility index (Phi) is 6.08. The number of nitrogens with one attached hydrogen (secondary N) is 2. The van der Waals surface area contributed by atoms with Crippen LogP contribution in [-0.4, -0.2) is 47.1 Å². The van der Waals surface area contributed by atoms with Crippen molar-refractivity contribution in [3.63, 3.8) is 0 Å². The molecular formula is C17H23N5O2. The molecule has 0 bridgehead atoms. The summed E-state index contributed by atoms with van der Waals surface area (Å²) in [5.41, 5.74) is 2.05. The van der Waals surface area contributed by atoms with Crippen molar-refractivity contribution >= 4 is 17.6 Å². The molecule has 0 saturated carbocycles. The van der Waals surface area contributed by atoms with Gasteiger partial charge in [0.15, 0.2) is 5.82 Å². The summed E-state index contributed by atoms with van der Waals surface area (Å²) < 4.78 is 1.72. The summed E-state index contributed by atoms with van der Waals surface area (Å²) in [6.45, 7) is 3.83. The number of anilines is 1. The highest BCUT2D eigenvalue weighted by molar-refractivity contribution is 6.39. The third-order valence-corrected chi connectivity index (χ3v) is 3.57. The smallest absolute Gasteiger partial charge is 0.314 e. The monoisotopic (exact) mass is 329 g/mol. The van der Waals surface area contributed by atoms with Crippen LogP contribution in [0.1, 0.15) is 11.1 Å². The molecular weight excluding hydrogens is 306 g/mol. The molecule has 0 fully saturated rings. The number of likely N-dealkylation sites (N-methyl/N-ethyl adjacent to an activating group) is 1. The highest BCUT2D eigenvalue weighted by Gasteiger charge is 2.15. The largest absolute Gasteiger partial charge is 0.344 e. The van der Waals surface area contributed by atoms with Crippen LogP contribution >= 0.6 is 0 Å². The number of rotatable bonds is 6. The van der Waals surface area contributed by atoms with Crippen LogP contribution in [0.25, 0.3) is 0 Å². The maximum atomic E-state index is 11.9. The van der Waals surface area contributed by atoms with Gasteiger partial charge in [0.05, 0.1) is 6.54 Å². The molecule has 128 valence electrons. The fraction of sp³-hybridized carbons (Fsp3) is 0.353. The molecule has 1 aromatic carbocycles. The average Bonchev–Trinajstić information content (AvgIpc) is 2.99. The van der Waals surface area contributed by atoms with Crippen molar-refractivity contribution < 1.29 is 9.59 Å². The van der Waals surface area contributed by atoms with Crippen molar-refractivity contribution in [2.45, 2.75) is 20.0 Å². The number of hydrogen-bond acceptors (Lipinski definition) is 4. The lowest BCUT2D eigenvalue weighted by molar-refractivity contribution is -0.136. The van der Waals surface area contributed by atoms with Crippen LogP contribution in [-0.2, 0) is 22.7 Å². The van der Waals surface area contributed by atoms with E-state index in [4.69, 9.17) is 0 Å². The average molecular weight is 329 g/mol. The van der Waals surface area contributed by atoms with E-state index in [0.29, 0.717) is 18.9 Å². The molecule has 0 saturated heterocycles. The maximum Gasteiger partial charge on any atom is 0.314 e. The SMILES string of the molecule is Cc1ccccc1CNC(=O)C(=O)Nc1ccn(CCN(C)C)n1. The zero-order chi connectivity index (χ0) is 17.5. The van der Waals surface area contributed by atoms with E-state index in [0.717, 1.165) is 17.7 Å². The first-order valence-corrected chi connectivity index (χ1v) is 7.77. The van der Waals surface area contributed by atoms with Gasteiger partial charge in [-0.25, -0.2) is 0 Å². The van der Waals surface area contributed by atoms with Gasteiger partial charge in [-0.15, -0.1) is 0 Å². The zero-order valence-corrected chi connectivity index (χ0v) is 14.2. The summed E-state index contributed by atoms with van der Waals surface area (Å²) in [6, 6.07) is 9.37. The molecule has 2 amide bonds. The molecule has 7 heteroatoms. The minimum absolute atomic E-state index is 0.316. The van der Waals surface area contributed by atoms with E-state index in [2.05, 4.69) is 15.7 Å². The van der Waals surface area contributed by atoms with Crippen LogP contribution in [0.4, 0.5) is 5.82 Å². The number of nitrogens with zero attached hydrogens (tertiary/aromatic N) is 3. The summed E-state index contributed by atoms with van der Waals surface area (Å²) in [7, 11) is 3.95. The standard InChI is InChI=1S/C17H23N5O2/c1-13-6-4-5-7-14(13)12-18-16(23)17(24)19-15-8-9-22(20-15)11-10-21(2)3/h4-9H,10-12H2,1-3H3,(H,18,23)(H,19,20,24). The fourth-order valence-electron chi connectivity index (χ4n) is 2.09. The predicted octanol–water partition coefficient (Wildman–Crippen LogP) is 1.01. The molecule has 0 radical (unpaired) electrons. The summed E-state index contributed by atoms with van der Waals surface area (Å²) in [6.07, 6.45) is 1.77. The third-order valence-electron chi connectivity index (χ3n) is 3.57. The molecule has 0 atom stereocenters. The van der Waals surface area contributed by atoms with Gasteiger partial charge in [-0.2, -0.15) is 5.10 Å². The van der Waals surface area contributed by atoms with Gasteiger partial charge >= 0.3 is 11.8 Å². The minimum atomic E-state index is -0.721. The van der Waals surface area contributed by atoms with Crippen molar-refractivity contribution in [2.75, 3.05) is 26.0 Å². The van der Waals surface area contributed by atoms with Crippen molar-refractivity contribution in [2.24, 2.45) is 0 Å². The van der Waals surface area contributed by atoms with Gasteiger partial charge in [0, 0.05) is 25.4 Å². The Balaban J connectivity index is 1.83. The maximum absolute atomic E-state index is 11.9. The van der Waals surface area contributed by atoms with Crippen molar-refractivity contribution in [3.05, 3.63) is 47.7 Å². The molecule has 0 aliphatic carbocycles. The lowest BCUT2D eigenvalue weighted by Crippen LogP contribution is -2.35. The van der Waals surface area contributed by atoms with Crippen molar-refractivity contribution in [3.8, 4) is 0 Å². The molecule has 7 nitrogen and oxygen atoms in total. The number of carbonyl (C=O) groups excluding carboxylic acids is 2. The zero-order valence-electron chi connectivity index (χ0n) is 14.2. The van der Waals surface area contributed by atoms with E-state index in [-0.39, 0.29) is 0 Å². The van der Waals surface area contributed by atoms with Crippen molar-refractivity contribution in [1.29, 1.82) is 0 Å². The van der Waals surface area contributed by atoms with Crippen LogP contribution in [0.2, 0.25) is 0 Å². The Morgan fingerprint density at radius 2 is 1.92 bits per heavy atom. The molecule has 0 aliphatic heterocycles. The number of hydrogen-bond donors (Lipinski definition) is 2. The molecule has 0 spiro atoms. The lowest BCUT2D eigenvalue weighted by atomic mass is 10.1. The molecule has 2 aromatic rings. The van der Waals surface area contributed by atoms with E-state index in [1.807, 2.05) is 50.2 Å². The highest BCUT2D eigenvalue weighted by atomic mass is 16.2. The molecule has 24 heavy (non-hydrogen) atoms. The third kappa shape index (κ3) is 5.20. The first-order chi connectivity index (χ1) is 11.5. The van der Waals surface area contributed by atoms with E-state index in [1.54, 1.807) is 16.9 Å². The van der Waals surface area contributed by atoms with Gasteiger partial charge in [-0.05, 0) is 32.1 Å². The first kappa shape index (κ1) is 17.7. The lowest BCUT2D eigenvalue weighted by Gasteiger charge is -2.09. The summed E-state index contributed by atoms with van der Waals surface area (Å²) in [5, 5.41) is 9.33. The highest BCUT2D eigenvalue weighted by Crippen LogP contribution is 2.06. The van der Waals surface area contributed by atoms with Gasteiger partial charge in [0.2, 0.25) is 0 Å². The van der Waals surface area contributed by atoms with Gasteiger partial charge in [-0.3, -0.25) is 14.3 Å². The predicted molar refractivity (Wildman–Crippen MR) is 92.4 cm³/mol. The Morgan fingerprint density at radius 1 is 1.17 bits per heavy atom. The van der Waals surface area contributed by atoms with E-state index < -0.39 is 11.8 Å². The fourth-order valence-corrected chi connectivity index (χ4v) is 2.09. The second-order valence-electron chi connectivity index (χ2n) is 5.83. The van der Waals surface area contributed by atoms with Crippen LogP contribution in [0, 0.1) is 6.92 Å². The van der Waals surface area contributed by atoms with Gasteiger partial charge in [0.25, 0.3) is 0 Å². The van der Waals surface area contributed by atoms with Gasteiger partial charge < -0.3 is 15.5 Å². The molecule has 1 heterocycles. The Hall–Kier alpha value is -2.67. The Labute approximate surface area is 141 Å². The van der Waals surface area contributed by atoms with Gasteiger partial charge in [-0.1, -0.05) is 24.3 Å². The molecule has 0 aliphatic rings. The normalized spacial score (nSPS) is 10.7. The topological polar surface area (TPSA) is 79.3 Å². The molecule has 2 rings (SSSR count). The molecule has 0 unspecified atom stereocenters. The number of carbonyl (C=O) groups is 2. The van der Waals surface area contributed by atoms with E-state index in [1.165, 1.54) is 0 Å². The number of aromatic nitrogens is 2. The summed E-state index contributed by atoms with van der Waals surface area (Å²) in [5.74, 6) is -1.03. The Bertz CT molecular complexity index is 709. The van der Waals surface area contributed by atoms with E-state index >= 15 is 0 Å². The Morgan fingerprint density at radius 3 is 2.62 bits per heavy atom. The second-order valence-corrected chi connectivity index (χ2v) is 5.83. The van der Waals surface area contributed by atoms with E-state index in [9.17, 15) is 9.59 Å². The summed E-state index contributed by atoms with van der Waals surface area (Å²) in [4.78, 5) is 25.8. The van der Waals surface area contributed by atoms with Crippen LogP contribution in [0.3, 0.4) is 0 Å². The van der Waals surface area contributed by atoms with Crippen LogP contribution in [0.5, 0.6) is 0 Å². The molecule has 1 aromatic heterocycles. The quantitative estimate of drug-likeness (QED) is 0.775. The van der Waals surface area contributed by atoms with Gasteiger partial charge in [0.1, 0.15) is 0 Å². The minimum Gasteiger partial charge on any atom is -0.344 e. The van der Waals surface area contributed by atoms with Crippen molar-refractivity contribution in [1.82, 2.24) is 20.0 Å². The van der Waals surface area contributed by atoms with Crippen LogP contribution < -0.4 is 10.6 Å².